The molecule has 1 aromatic carbocycles. The molecule has 0 spiro atoms. The monoisotopic (exact) mass is 241 g/mol. The normalized spacial score (nSPS) is 11.7. The van der Waals surface area contributed by atoms with Gasteiger partial charge in [0.1, 0.15) is 7.85 Å². The summed E-state index contributed by atoms with van der Waals surface area (Å²) in [5, 5.41) is -0.916. The third kappa shape index (κ3) is 2.94. The van der Waals surface area contributed by atoms with Gasteiger partial charge in [0.2, 0.25) is 0 Å². The molecule has 0 amide bonds. The van der Waals surface area contributed by atoms with Crippen molar-refractivity contribution in [3.63, 3.8) is 0 Å². The Morgan fingerprint density at radius 2 is 1.68 bits per heavy atom. The molecule has 88 valence electrons. The molecular weight excluding hydrogens is 227 g/mol. The van der Waals surface area contributed by atoms with Gasteiger partial charge in [-0.15, -0.1) is 0 Å². The summed E-state index contributed by atoms with van der Waals surface area (Å²) in [6, 6.07) is 13.5. The molecule has 0 aliphatic rings. The van der Waals surface area contributed by atoms with Gasteiger partial charge >= 0.3 is 0 Å². The number of rotatable bonds is 3. The number of benzene rings is 1. The summed E-state index contributed by atoms with van der Waals surface area (Å²) in [4.78, 5) is 4.34. The van der Waals surface area contributed by atoms with Crippen LogP contribution in [0.15, 0.2) is 42.5 Å². The molecule has 0 saturated heterocycles. The van der Waals surface area contributed by atoms with E-state index in [1.165, 1.54) is 0 Å². The highest BCUT2D eigenvalue weighted by atomic mass is 14.7. The van der Waals surface area contributed by atoms with E-state index in [0.29, 0.717) is 5.59 Å². The van der Waals surface area contributed by atoms with Crippen molar-refractivity contribution in [2.75, 3.05) is 0 Å². The third-order valence-corrected chi connectivity index (χ3v) is 3.37. The average Bonchev–Trinajstić information content (AvgIpc) is 2.39. The molecule has 0 atom stereocenters. The molecule has 0 saturated carbocycles. The van der Waals surface area contributed by atoms with E-state index in [4.69, 9.17) is 23.5 Å². The minimum absolute atomic E-state index is 0.0953. The van der Waals surface area contributed by atoms with Gasteiger partial charge in [0, 0.05) is 5.56 Å². The first-order valence-corrected chi connectivity index (χ1v) is 6.32. The van der Waals surface area contributed by atoms with Gasteiger partial charge in [-0.1, -0.05) is 60.9 Å². The first kappa shape index (κ1) is 14.0. The van der Waals surface area contributed by atoms with Crippen molar-refractivity contribution >= 4 is 29.1 Å². The molecular formula is C15H14B3N. The summed E-state index contributed by atoms with van der Waals surface area (Å²) in [6.45, 7) is 3.97. The number of pyridine rings is 1. The quantitative estimate of drug-likeness (QED) is 0.744. The summed E-state index contributed by atoms with van der Waals surface area (Å²) in [5.74, 6) is 0.0953. The van der Waals surface area contributed by atoms with Crippen LogP contribution in [0.1, 0.15) is 19.4 Å². The Morgan fingerprint density at radius 3 is 2.26 bits per heavy atom. The molecule has 0 aliphatic heterocycles. The molecule has 1 nitrogen and oxygen atoms in total. The second-order valence-corrected chi connectivity index (χ2v) is 5.12. The van der Waals surface area contributed by atoms with Crippen LogP contribution in [-0.2, 0) is 5.21 Å². The van der Waals surface area contributed by atoms with Gasteiger partial charge in [-0.2, -0.15) is 0 Å². The number of nitrogens with zero attached hydrogens (tertiary/aromatic N) is 1. The zero-order valence-corrected chi connectivity index (χ0v) is 11.3. The molecule has 0 bridgehead atoms. The minimum Gasteiger partial charge on any atom is -0.264 e. The Balaban J connectivity index is 2.53. The smallest absolute Gasteiger partial charge is 0.141 e. The van der Waals surface area contributed by atoms with E-state index < -0.39 is 5.21 Å². The molecule has 2 rings (SSSR count). The zero-order valence-electron chi connectivity index (χ0n) is 11.3. The molecule has 0 N–H and O–H groups in total. The molecule has 19 heavy (non-hydrogen) atoms. The fourth-order valence-corrected chi connectivity index (χ4v) is 1.89. The predicted molar refractivity (Wildman–Crippen MR) is 83.1 cm³/mol. The van der Waals surface area contributed by atoms with Crippen molar-refractivity contribution in [1.29, 1.82) is 0 Å². The molecule has 2 aromatic rings. The lowest BCUT2D eigenvalue weighted by Gasteiger charge is -2.31. The van der Waals surface area contributed by atoms with E-state index in [2.05, 4.69) is 4.98 Å². The van der Waals surface area contributed by atoms with Crippen LogP contribution >= 0.6 is 0 Å². The van der Waals surface area contributed by atoms with Crippen molar-refractivity contribution in [2.45, 2.75) is 19.1 Å². The van der Waals surface area contributed by atoms with Gasteiger partial charge in [-0.3, -0.25) is 4.98 Å². The maximum absolute atomic E-state index is 6.19. The van der Waals surface area contributed by atoms with Crippen LogP contribution in [0.25, 0.3) is 11.3 Å². The molecule has 1 heterocycles. The fraction of sp³-hybridized carbons (Fsp3) is 0.267. The second-order valence-electron chi connectivity index (χ2n) is 5.12. The molecule has 6 radical (unpaired) electrons. The summed E-state index contributed by atoms with van der Waals surface area (Å²) in [6.07, 6.45) is 0. The Bertz CT molecular complexity index is 565. The SMILES string of the molecule is [B]c1cc(C([B])([B])C(C)C)cc(-c2ccccc2)n1. The van der Waals surface area contributed by atoms with Crippen LogP contribution < -0.4 is 5.59 Å². The summed E-state index contributed by atoms with van der Waals surface area (Å²) in [5.41, 5.74) is 3.01. The minimum atomic E-state index is -0.916. The van der Waals surface area contributed by atoms with Gasteiger partial charge in [0.05, 0.1) is 21.4 Å². The molecule has 4 heteroatoms. The van der Waals surface area contributed by atoms with E-state index >= 15 is 0 Å². The van der Waals surface area contributed by atoms with Crippen molar-refractivity contribution in [3.05, 3.63) is 48.0 Å². The predicted octanol–water partition coefficient (Wildman–Crippen LogP) is 1.69. The van der Waals surface area contributed by atoms with Crippen molar-refractivity contribution in [1.82, 2.24) is 4.98 Å². The van der Waals surface area contributed by atoms with Gasteiger partial charge in [0.25, 0.3) is 0 Å². The topological polar surface area (TPSA) is 12.9 Å². The highest BCUT2D eigenvalue weighted by Gasteiger charge is 2.24. The Labute approximate surface area is 119 Å². The number of hydrogen-bond acceptors (Lipinski definition) is 1. The highest BCUT2D eigenvalue weighted by molar-refractivity contribution is 6.40. The van der Waals surface area contributed by atoms with Gasteiger partial charge in [0.15, 0.2) is 0 Å². The zero-order chi connectivity index (χ0) is 14.0. The van der Waals surface area contributed by atoms with Crippen molar-refractivity contribution in [3.8, 4) is 11.3 Å². The molecule has 0 fully saturated rings. The standard InChI is InChI=1S/C15H14B3N/c1-10(2)15(17,18)12-8-13(19-14(16)9-12)11-6-4-3-5-7-11/h3-10H,1-2H3. The Kier molecular flexibility index (Phi) is 3.89. The van der Waals surface area contributed by atoms with Crippen molar-refractivity contribution in [2.24, 2.45) is 5.92 Å². The first-order valence-electron chi connectivity index (χ1n) is 6.32. The van der Waals surface area contributed by atoms with Gasteiger partial charge in [-0.25, -0.2) is 0 Å². The lowest BCUT2D eigenvalue weighted by Crippen LogP contribution is -2.34. The first-order chi connectivity index (χ1) is 8.91. The number of hydrogen-bond donors (Lipinski definition) is 0. The largest absolute Gasteiger partial charge is 0.264 e. The van der Waals surface area contributed by atoms with E-state index in [0.717, 1.165) is 16.8 Å². The van der Waals surface area contributed by atoms with E-state index in [1.807, 2.05) is 50.2 Å². The fourth-order valence-electron chi connectivity index (χ4n) is 1.89. The van der Waals surface area contributed by atoms with E-state index in [9.17, 15) is 0 Å². The molecule has 0 aliphatic carbocycles. The van der Waals surface area contributed by atoms with Crippen LogP contribution in [0.2, 0.25) is 0 Å². The van der Waals surface area contributed by atoms with Crippen LogP contribution in [0.4, 0.5) is 0 Å². The summed E-state index contributed by atoms with van der Waals surface area (Å²) >= 11 is 0. The lowest BCUT2D eigenvalue weighted by atomic mass is 9.46. The highest BCUT2D eigenvalue weighted by Crippen LogP contribution is 2.27. The Morgan fingerprint density at radius 1 is 1.05 bits per heavy atom. The Hall–Kier alpha value is -1.44. The van der Waals surface area contributed by atoms with Crippen LogP contribution in [-0.4, -0.2) is 28.5 Å². The van der Waals surface area contributed by atoms with Crippen LogP contribution in [0.3, 0.4) is 0 Å². The summed E-state index contributed by atoms with van der Waals surface area (Å²) in [7, 11) is 18.3. The number of aromatic nitrogens is 1. The molecule has 0 unspecified atom stereocenters. The second kappa shape index (κ2) is 5.28. The molecule has 1 aromatic heterocycles. The van der Waals surface area contributed by atoms with E-state index in [1.54, 1.807) is 6.07 Å². The summed E-state index contributed by atoms with van der Waals surface area (Å²) < 4.78 is 0. The maximum Gasteiger partial charge on any atom is 0.141 e. The maximum atomic E-state index is 6.19. The van der Waals surface area contributed by atoms with Gasteiger partial charge in [-0.05, 0) is 17.7 Å². The average molecular weight is 241 g/mol. The van der Waals surface area contributed by atoms with Crippen LogP contribution in [0.5, 0.6) is 0 Å². The van der Waals surface area contributed by atoms with E-state index in [-0.39, 0.29) is 5.92 Å². The third-order valence-electron chi connectivity index (χ3n) is 3.37. The van der Waals surface area contributed by atoms with Crippen molar-refractivity contribution < 1.29 is 0 Å². The van der Waals surface area contributed by atoms with Crippen LogP contribution in [0, 0.1) is 5.92 Å². The van der Waals surface area contributed by atoms with Gasteiger partial charge < -0.3 is 0 Å². The lowest BCUT2D eigenvalue weighted by molar-refractivity contribution is 0.570.